The fourth-order valence-electron chi connectivity index (χ4n) is 3.46. The minimum atomic E-state index is -0.111. The van der Waals surface area contributed by atoms with Crippen LogP contribution in [0.25, 0.3) is 0 Å². The molecule has 2 rings (SSSR count). The van der Waals surface area contributed by atoms with Gasteiger partial charge < -0.3 is 15.8 Å². The molecule has 0 spiro atoms. The van der Waals surface area contributed by atoms with Crippen molar-refractivity contribution >= 4 is 0 Å². The molecular formula is C16H32N2O. The first-order valence-electron chi connectivity index (χ1n) is 7.89. The van der Waals surface area contributed by atoms with Crippen LogP contribution >= 0.6 is 0 Å². The van der Waals surface area contributed by atoms with Gasteiger partial charge in [0.25, 0.3) is 0 Å². The summed E-state index contributed by atoms with van der Waals surface area (Å²) in [5, 5.41) is 3.65. The standard InChI is InChI=1S/C16H32N2O/c1-6-19-13-9-16(17,14(13,4)5)11-18-10-15(7-8-15)12(2)3/h12-13,18H,6-11,17H2,1-5H3. The highest BCUT2D eigenvalue weighted by molar-refractivity contribution is 5.14. The number of hydrogen-bond acceptors (Lipinski definition) is 3. The summed E-state index contributed by atoms with van der Waals surface area (Å²) in [4.78, 5) is 0. The number of ether oxygens (including phenoxy) is 1. The summed E-state index contributed by atoms with van der Waals surface area (Å²) in [6.07, 6.45) is 4.06. The van der Waals surface area contributed by atoms with Gasteiger partial charge >= 0.3 is 0 Å². The van der Waals surface area contributed by atoms with Crippen molar-refractivity contribution in [3.63, 3.8) is 0 Å². The lowest BCUT2D eigenvalue weighted by molar-refractivity contribution is -0.148. The second kappa shape index (κ2) is 5.01. The van der Waals surface area contributed by atoms with E-state index in [0.717, 1.165) is 32.0 Å². The summed E-state index contributed by atoms with van der Waals surface area (Å²) in [5.74, 6) is 0.777. The van der Waals surface area contributed by atoms with E-state index in [1.165, 1.54) is 12.8 Å². The maximum Gasteiger partial charge on any atom is 0.0662 e. The molecule has 19 heavy (non-hydrogen) atoms. The lowest BCUT2D eigenvalue weighted by atomic mass is 9.54. The summed E-state index contributed by atoms with van der Waals surface area (Å²) < 4.78 is 5.78. The van der Waals surface area contributed by atoms with Crippen LogP contribution in [0.5, 0.6) is 0 Å². The van der Waals surface area contributed by atoms with Crippen LogP contribution in [0.3, 0.4) is 0 Å². The fraction of sp³-hybridized carbons (Fsp3) is 1.00. The van der Waals surface area contributed by atoms with Gasteiger partial charge in [-0.3, -0.25) is 0 Å². The van der Waals surface area contributed by atoms with Crippen molar-refractivity contribution in [1.82, 2.24) is 5.32 Å². The Labute approximate surface area is 118 Å². The van der Waals surface area contributed by atoms with Crippen molar-refractivity contribution in [3.8, 4) is 0 Å². The Kier molecular flexibility index (Phi) is 4.03. The van der Waals surface area contributed by atoms with Crippen molar-refractivity contribution in [3.05, 3.63) is 0 Å². The molecular weight excluding hydrogens is 236 g/mol. The first-order valence-corrected chi connectivity index (χ1v) is 7.89. The third-order valence-corrected chi connectivity index (χ3v) is 6.04. The molecule has 3 N–H and O–H groups in total. The molecule has 2 saturated carbocycles. The molecule has 112 valence electrons. The molecule has 0 saturated heterocycles. The molecule has 3 nitrogen and oxygen atoms in total. The second-order valence-corrected chi connectivity index (χ2v) is 7.65. The van der Waals surface area contributed by atoms with Gasteiger partial charge in [0.15, 0.2) is 0 Å². The Morgan fingerprint density at radius 2 is 1.89 bits per heavy atom. The highest BCUT2D eigenvalue weighted by atomic mass is 16.5. The topological polar surface area (TPSA) is 47.3 Å². The molecule has 2 aliphatic carbocycles. The Balaban J connectivity index is 1.80. The molecule has 0 aliphatic heterocycles. The molecule has 2 fully saturated rings. The van der Waals surface area contributed by atoms with Crippen LogP contribution < -0.4 is 11.1 Å². The van der Waals surface area contributed by atoms with Crippen LogP contribution in [0.4, 0.5) is 0 Å². The quantitative estimate of drug-likeness (QED) is 0.746. The normalized spacial score (nSPS) is 35.2. The van der Waals surface area contributed by atoms with Crippen LogP contribution in [0.2, 0.25) is 0 Å². The fourth-order valence-corrected chi connectivity index (χ4v) is 3.46. The Morgan fingerprint density at radius 1 is 1.26 bits per heavy atom. The summed E-state index contributed by atoms with van der Waals surface area (Å²) >= 11 is 0. The van der Waals surface area contributed by atoms with E-state index in [1.807, 2.05) is 0 Å². The molecule has 0 bridgehead atoms. The molecule has 2 unspecified atom stereocenters. The van der Waals surface area contributed by atoms with Gasteiger partial charge in [0.05, 0.1) is 6.10 Å². The zero-order chi connectivity index (χ0) is 14.3. The smallest absolute Gasteiger partial charge is 0.0662 e. The van der Waals surface area contributed by atoms with Gasteiger partial charge in [0.2, 0.25) is 0 Å². The van der Waals surface area contributed by atoms with Crippen molar-refractivity contribution in [1.29, 1.82) is 0 Å². The lowest BCUT2D eigenvalue weighted by Crippen LogP contribution is -2.73. The third kappa shape index (κ3) is 2.57. The van der Waals surface area contributed by atoms with E-state index in [2.05, 4.69) is 39.9 Å². The van der Waals surface area contributed by atoms with Crippen LogP contribution in [0.15, 0.2) is 0 Å². The van der Waals surface area contributed by atoms with Gasteiger partial charge in [0, 0.05) is 30.7 Å². The highest BCUT2D eigenvalue weighted by Crippen LogP contribution is 2.52. The molecule has 0 amide bonds. The molecule has 3 heteroatoms. The summed E-state index contributed by atoms with van der Waals surface area (Å²) in [6, 6.07) is 0. The van der Waals surface area contributed by atoms with E-state index in [9.17, 15) is 0 Å². The van der Waals surface area contributed by atoms with Gasteiger partial charge in [0.1, 0.15) is 0 Å². The van der Waals surface area contributed by atoms with Crippen molar-refractivity contribution < 1.29 is 4.74 Å². The molecule has 0 aromatic heterocycles. The van der Waals surface area contributed by atoms with Crippen molar-refractivity contribution in [2.75, 3.05) is 19.7 Å². The Hall–Kier alpha value is -0.120. The molecule has 0 aromatic rings. The number of nitrogens with one attached hydrogen (secondary N) is 1. The summed E-state index contributed by atoms with van der Waals surface area (Å²) in [6.45, 7) is 14.0. The van der Waals surface area contributed by atoms with E-state index in [4.69, 9.17) is 10.5 Å². The molecule has 0 radical (unpaired) electrons. The van der Waals surface area contributed by atoms with Gasteiger partial charge in [-0.2, -0.15) is 0 Å². The van der Waals surface area contributed by atoms with E-state index in [1.54, 1.807) is 0 Å². The van der Waals surface area contributed by atoms with Gasteiger partial charge in [-0.05, 0) is 37.5 Å². The Bertz CT molecular complexity index is 323. The average Bonchev–Trinajstić information content (AvgIpc) is 3.10. The summed E-state index contributed by atoms with van der Waals surface area (Å²) in [7, 11) is 0. The minimum Gasteiger partial charge on any atom is -0.378 e. The number of rotatable bonds is 7. The second-order valence-electron chi connectivity index (χ2n) is 7.65. The average molecular weight is 268 g/mol. The largest absolute Gasteiger partial charge is 0.378 e. The number of hydrogen-bond donors (Lipinski definition) is 2. The zero-order valence-corrected chi connectivity index (χ0v) is 13.4. The van der Waals surface area contributed by atoms with Crippen LogP contribution in [-0.2, 0) is 4.74 Å². The van der Waals surface area contributed by atoms with Crippen LogP contribution in [0, 0.1) is 16.7 Å². The predicted molar refractivity (Wildman–Crippen MR) is 80.1 cm³/mol. The van der Waals surface area contributed by atoms with Gasteiger partial charge in [-0.15, -0.1) is 0 Å². The zero-order valence-electron chi connectivity index (χ0n) is 13.4. The van der Waals surface area contributed by atoms with E-state index >= 15 is 0 Å². The first kappa shape index (κ1) is 15.3. The first-order chi connectivity index (χ1) is 8.77. The molecule has 2 aliphatic rings. The van der Waals surface area contributed by atoms with Crippen molar-refractivity contribution in [2.24, 2.45) is 22.5 Å². The monoisotopic (exact) mass is 268 g/mol. The lowest BCUT2D eigenvalue weighted by Gasteiger charge is -2.59. The van der Waals surface area contributed by atoms with E-state index in [-0.39, 0.29) is 11.0 Å². The molecule has 2 atom stereocenters. The van der Waals surface area contributed by atoms with E-state index < -0.39 is 0 Å². The maximum absolute atomic E-state index is 6.58. The van der Waals surface area contributed by atoms with Crippen LogP contribution in [-0.4, -0.2) is 31.3 Å². The minimum absolute atomic E-state index is 0.0740. The van der Waals surface area contributed by atoms with Gasteiger partial charge in [-0.1, -0.05) is 27.7 Å². The maximum atomic E-state index is 6.58. The van der Waals surface area contributed by atoms with Crippen LogP contribution in [0.1, 0.15) is 53.9 Å². The number of nitrogens with two attached hydrogens (primary N) is 1. The SMILES string of the molecule is CCOC1CC(N)(CNCC2(C(C)C)CC2)C1(C)C. The highest BCUT2D eigenvalue weighted by Gasteiger charge is 2.58. The van der Waals surface area contributed by atoms with Gasteiger partial charge in [-0.25, -0.2) is 0 Å². The molecule has 0 aromatic carbocycles. The van der Waals surface area contributed by atoms with E-state index in [0.29, 0.717) is 11.5 Å². The summed E-state index contributed by atoms with van der Waals surface area (Å²) in [5.41, 5.74) is 7.11. The Morgan fingerprint density at radius 3 is 2.32 bits per heavy atom. The molecule has 0 heterocycles. The predicted octanol–water partition coefficient (Wildman–Crippen LogP) is 2.54. The third-order valence-electron chi connectivity index (χ3n) is 6.04. The van der Waals surface area contributed by atoms with Crippen molar-refractivity contribution in [2.45, 2.75) is 65.5 Å².